The molecule has 3 N–H and O–H groups in total. The van der Waals surface area contributed by atoms with E-state index in [9.17, 15) is 9.59 Å². The number of carbonyl (C=O) groups excluding carboxylic acids is 1. The number of urea groups is 1. The molecule has 1 fully saturated rings. The number of carbonyl (C=O) groups is 2. The first-order valence-corrected chi connectivity index (χ1v) is 6.97. The number of carboxylic acid groups (broad SMARTS) is 1. The van der Waals surface area contributed by atoms with Gasteiger partial charge in [-0.25, -0.2) is 14.6 Å². The minimum absolute atomic E-state index is 0.281. The van der Waals surface area contributed by atoms with E-state index in [1.54, 1.807) is 24.3 Å². The van der Waals surface area contributed by atoms with Crippen LogP contribution in [-0.4, -0.2) is 35.2 Å². The molecule has 1 heterocycles. The fourth-order valence-electron chi connectivity index (χ4n) is 2.20. The van der Waals surface area contributed by atoms with Gasteiger partial charge >= 0.3 is 12.0 Å². The van der Waals surface area contributed by atoms with E-state index in [0.29, 0.717) is 11.3 Å². The quantitative estimate of drug-likeness (QED) is 0.743. The Hall–Kier alpha value is -2.34. The Labute approximate surface area is 123 Å². The Morgan fingerprint density at radius 2 is 1.95 bits per heavy atom. The molecule has 0 aromatic heterocycles. The highest BCUT2D eigenvalue weighted by atomic mass is 16.4. The van der Waals surface area contributed by atoms with Crippen molar-refractivity contribution in [1.82, 2.24) is 10.4 Å². The molecule has 1 aromatic rings. The number of hydrazine groups is 1. The van der Waals surface area contributed by atoms with Gasteiger partial charge in [0.2, 0.25) is 0 Å². The van der Waals surface area contributed by atoms with Gasteiger partial charge in [-0.05, 0) is 36.6 Å². The van der Waals surface area contributed by atoms with Gasteiger partial charge in [-0.15, -0.1) is 0 Å². The van der Waals surface area contributed by atoms with E-state index in [1.165, 1.54) is 12.5 Å². The zero-order chi connectivity index (χ0) is 15.1. The summed E-state index contributed by atoms with van der Waals surface area (Å²) in [6.45, 7) is 1.74. The molecule has 0 saturated carbocycles. The third-order valence-corrected chi connectivity index (χ3v) is 3.18. The summed E-state index contributed by atoms with van der Waals surface area (Å²) in [7, 11) is 0. The molecule has 0 radical (unpaired) electrons. The highest BCUT2D eigenvalue weighted by Gasteiger charge is 2.12. The maximum atomic E-state index is 11.9. The summed E-state index contributed by atoms with van der Waals surface area (Å²) in [6.07, 6.45) is 5.94. The molecule has 112 valence electrons. The van der Waals surface area contributed by atoms with E-state index in [2.05, 4.69) is 10.7 Å². The number of amides is 2. The summed E-state index contributed by atoms with van der Waals surface area (Å²) < 4.78 is 0. The molecule has 0 atom stereocenters. The van der Waals surface area contributed by atoms with Crippen LogP contribution in [0, 0.1) is 0 Å². The Kier molecular flexibility index (Phi) is 5.34. The number of carboxylic acids is 1. The van der Waals surface area contributed by atoms with Crippen LogP contribution < -0.4 is 10.7 Å². The number of hydrogen-bond donors (Lipinski definition) is 3. The second-order valence-electron chi connectivity index (χ2n) is 4.91. The molecule has 1 saturated heterocycles. The molecule has 2 rings (SSSR count). The zero-order valence-corrected chi connectivity index (χ0v) is 11.7. The highest BCUT2D eigenvalue weighted by molar-refractivity contribution is 5.90. The van der Waals surface area contributed by atoms with E-state index in [0.717, 1.165) is 32.0 Å². The van der Waals surface area contributed by atoms with Crippen molar-refractivity contribution in [3.05, 3.63) is 35.9 Å². The van der Waals surface area contributed by atoms with E-state index in [4.69, 9.17) is 5.11 Å². The molecular formula is C15H19N3O3. The Morgan fingerprint density at radius 3 is 2.67 bits per heavy atom. The molecule has 0 bridgehead atoms. The molecular weight excluding hydrogens is 270 g/mol. The SMILES string of the molecule is O=C(O)/C=C/c1cccc(NC(=O)NN2CCCCC2)c1. The summed E-state index contributed by atoms with van der Waals surface area (Å²) in [6, 6.07) is 6.73. The average Bonchev–Trinajstić information content (AvgIpc) is 2.46. The third kappa shape index (κ3) is 5.27. The first-order chi connectivity index (χ1) is 10.1. The summed E-state index contributed by atoms with van der Waals surface area (Å²) >= 11 is 0. The van der Waals surface area contributed by atoms with Crippen LogP contribution in [0.3, 0.4) is 0 Å². The smallest absolute Gasteiger partial charge is 0.333 e. The van der Waals surface area contributed by atoms with Gasteiger partial charge in [0.05, 0.1) is 0 Å². The Morgan fingerprint density at radius 1 is 1.19 bits per heavy atom. The Bertz CT molecular complexity index is 537. The van der Waals surface area contributed by atoms with Crippen molar-refractivity contribution >= 4 is 23.8 Å². The first-order valence-electron chi connectivity index (χ1n) is 6.97. The van der Waals surface area contributed by atoms with Gasteiger partial charge in [0.25, 0.3) is 0 Å². The molecule has 1 aliphatic rings. The molecule has 2 amide bonds. The lowest BCUT2D eigenvalue weighted by molar-refractivity contribution is -0.131. The molecule has 0 aliphatic carbocycles. The lowest BCUT2D eigenvalue weighted by Crippen LogP contribution is -2.46. The van der Waals surface area contributed by atoms with Crippen molar-refractivity contribution in [1.29, 1.82) is 0 Å². The Balaban J connectivity index is 1.90. The van der Waals surface area contributed by atoms with Crippen molar-refractivity contribution in [3.63, 3.8) is 0 Å². The van der Waals surface area contributed by atoms with Gasteiger partial charge in [0.1, 0.15) is 0 Å². The van der Waals surface area contributed by atoms with Gasteiger partial charge < -0.3 is 10.4 Å². The molecule has 1 aliphatic heterocycles. The fraction of sp³-hybridized carbons (Fsp3) is 0.333. The number of rotatable bonds is 4. The van der Waals surface area contributed by atoms with Gasteiger partial charge in [-0.2, -0.15) is 0 Å². The standard InChI is InChI=1S/C15H19N3O3/c19-14(20)8-7-12-5-4-6-13(11-12)16-15(21)17-18-9-2-1-3-10-18/h4-8,11H,1-3,9-10H2,(H,19,20)(H2,16,17,21)/b8-7+. The predicted octanol–water partition coefficient (Wildman–Crippen LogP) is 2.31. The van der Waals surface area contributed by atoms with E-state index >= 15 is 0 Å². The van der Waals surface area contributed by atoms with Crippen LogP contribution in [0.25, 0.3) is 6.08 Å². The molecule has 6 nitrogen and oxygen atoms in total. The van der Waals surface area contributed by atoms with Crippen LogP contribution in [0.1, 0.15) is 24.8 Å². The molecule has 6 heteroatoms. The minimum atomic E-state index is -1.00. The largest absolute Gasteiger partial charge is 0.478 e. The average molecular weight is 289 g/mol. The number of benzene rings is 1. The second-order valence-corrected chi connectivity index (χ2v) is 4.91. The van der Waals surface area contributed by atoms with Crippen LogP contribution in [0.15, 0.2) is 30.3 Å². The van der Waals surface area contributed by atoms with Crippen LogP contribution >= 0.6 is 0 Å². The van der Waals surface area contributed by atoms with Gasteiger partial charge in [0, 0.05) is 24.9 Å². The normalized spacial score (nSPS) is 15.8. The maximum Gasteiger partial charge on any atom is 0.333 e. The number of nitrogens with zero attached hydrogens (tertiary/aromatic N) is 1. The van der Waals surface area contributed by atoms with Crippen molar-refractivity contribution < 1.29 is 14.7 Å². The number of piperidine rings is 1. The number of aliphatic carboxylic acids is 1. The monoisotopic (exact) mass is 289 g/mol. The molecule has 21 heavy (non-hydrogen) atoms. The van der Waals surface area contributed by atoms with E-state index < -0.39 is 5.97 Å². The zero-order valence-electron chi connectivity index (χ0n) is 11.7. The minimum Gasteiger partial charge on any atom is -0.478 e. The maximum absolute atomic E-state index is 11.9. The van der Waals surface area contributed by atoms with Crippen molar-refractivity contribution in [2.45, 2.75) is 19.3 Å². The number of hydrogen-bond acceptors (Lipinski definition) is 3. The molecule has 0 unspecified atom stereocenters. The summed E-state index contributed by atoms with van der Waals surface area (Å²) in [5.41, 5.74) is 4.15. The van der Waals surface area contributed by atoms with Crippen molar-refractivity contribution in [2.24, 2.45) is 0 Å². The summed E-state index contributed by atoms with van der Waals surface area (Å²) in [5, 5.41) is 13.3. The molecule has 1 aromatic carbocycles. The third-order valence-electron chi connectivity index (χ3n) is 3.18. The lowest BCUT2D eigenvalue weighted by atomic mass is 10.2. The number of nitrogens with one attached hydrogen (secondary N) is 2. The summed E-state index contributed by atoms with van der Waals surface area (Å²) in [4.78, 5) is 22.4. The second kappa shape index (κ2) is 7.44. The van der Waals surface area contributed by atoms with Gasteiger partial charge in [-0.1, -0.05) is 18.6 Å². The predicted molar refractivity (Wildman–Crippen MR) is 80.7 cm³/mol. The van der Waals surface area contributed by atoms with Crippen molar-refractivity contribution in [2.75, 3.05) is 18.4 Å². The highest BCUT2D eigenvalue weighted by Crippen LogP contribution is 2.12. The summed E-state index contributed by atoms with van der Waals surface area (Å²) in [5.74, 6) is -1.00. The van der Waals surface area contributed by atoms with Crippen LogP contribution in [0.5, 0.6) is 0 Å². The van der Waals surface area contributed by atoms with Crippen molar-refractivity contribution in [3.8, 4) is 0 Å². The van der Waals surface area contributed by atoms with Crippen LogP contribution in [0.2, 0.25) is 0 Å². The number of anilines is 1. The van der Waals surface area contributed by atoms with E-state index in [1.807, 2.05) is 5.01 Å². The van der Waals surface area contributed by atoms with Crippen LogP contribution in [-0.2, 0) is 4.79 Å². The van der Waals surface area contributed by atoms with Gasteiger partial charge in [-0.3, -0.25) is 5.43 Å². The lowest BCUT2D eigenvalue weighted by Gasteiger charge is -2.26. The van der Waals surface area contributed by atoms with Crippen LogP contribution in [0.4, 0.5) is 10.5 Å². The molecule has 0 spiro atoms. The first kappa shape index (κ1) is 15.1. The topological polar surface area (TPSA) is 81.7 Å². The fourth-order valence-corrected chi connectivity index (χ4v) is 2.20. The van der Waals surface area contributed by atoms with E-state index in [-0.39, 0.29) is 6.03 Å². The van der Waals surface area contributed by atoms with Gasteiger partial charge in [0.15, 0.2) is 0 Å².